The minimum absolute atomic E-state index is 0.552. The summed E-state index contributed by atoms with van der Waals surface area (Å²) >= 11 is 0. The van der Waals surface area contributed by atoms with Crippen LogP contribution in [0.5, 0.6) is 0 Å². The van der Waals surface area contributed by atoms with Crippen LogP contribution >= 0.6 is 0 Å². The minimum atomic E-state index is 0.552. The van der Waals surface area contributed by atoms with Gasteiger partial charge in [-0.15, -0.1) is 0 Å². The van der Waals surface area contributed by atoms with E-state index >= 15 is 0 Å². The fourth-order valence-electron chi connectivity index (χ4n) is 2.47. The van der Waals surface area contributed by atoms with Crippen LogP contribution in [0.1, 0.15) is 6.42 Å². The molecule has 0 amide bonds. The number of rotatable bonds is 4. The van der Waals surface area contributed by atoms with Crippen molar-refractivity contribution in [3.63, 3.8) is 0 Å². The van der Waals surface area contributed by atoms with Gasteiger partial charge in [-0.05, 0) is 18.6 Å². The van der Waals surface area contributed by atoms with Crippen LogP contribution in [-0.2, 0) is 11.3 Å². The molecule has 0 bridgehead atoms. The van der Waals surface area contributed by atoms with Crippen LogP contribution in [0.4, 0.5) is 5.95 Å². The minimum Gasteiger partial charge on any atom is -0.379 e. The number of anilines is 1. The van der Waals surface area contributed by atoms with Crippen molar-refractivity contribution in [1.29, 1.82) is 0 Å². The second-order valence-corrected chi connectivity index (χ2v) is 4.78. The molecule has 6 nitrogen and oxygen atoms in total. The van der Waals surface area contributed by atoms with E-state index in [-0.39, 0.29) is 0 Å². The van der Waals surface area contributed by atoms with Crippen molar-refractivity contribution < 1.29 is 4.74 Å². The Hall–Kier alpha value is -1.66. The summed E-state index contributed by atoms with van der Waals surface area (Å²) in [6.07, 6.45) is 2.83. The highest BCUT2D eigenvalue weighted by atomic mass is 16.5. The van der Waals surface area contributed by atoms with E-state index < -0.39 is 0 Å². The fourth-order valence-corrected chi connectivity index (χ4v) is 2.47. The van der Waals surface area contributed by atoms with Crippen molar-refractivity contribution in [2.45, 2.75) is 13.0 Å². The predicted octanol–water partition coefficient (Wildman–Crippen LogP) is 0.736. The molecule has 1 fully saturated rings. The molecule has 0 aliphatic carbocycles. The molecule has 0 spiro atoms. The van der Waals surface area contributed by atoms with Gasteiger partial charge in [0, 0.05) is 32.4 Å². The van der Waals surface area contributed by atoms with Gasteiger partial charge in [-0.3, -0.25) is 9.47 Å². The van der Waals surface area contributed by atoms with Crippen molar-refractivity contribution in [2.75, 3.05) is 38.6 Å². The van der Waals surface area contributed by atoms with E-state index in [1.165, 1.54) is 0 Å². The zero-order valence-corrected chi connectivity index (χ0v) is 11.0. The molecule has 2 aromatic rings. The molecular weight excluding hydrogens is 242 g/mol. The third kappa shape index (κ3) is 2.69. The second-order valence-electron chi connectivity index (χ2n) is 4.78. The average Bonchev–Trinajstić information content (AvgIpc) is 2.76. The molecule has 0 saturated carbocycles. The summed E-state index contributed by atoms with van der Waals surface area (Å²) in [5.74, 6) is 0.552. The number of hydrogen-bond acceptors (Lipinski definition) is 5. The summed E-state index contributed by atoms with van der Waals surface area (Å²) in [6, 6.07) is 3.82. The first-order valence-corrected chi connectivity index (χ1v) is 6.71. The van der Waals surface area contributed by atoms with Gasteiger partial charge in [-0.1, -0.05) is 0 Å². The van der Waals surface area contributed by atoms with Gasteiger partial charge in [-0.25, -0.2) is 9.97 Å². The van der Waals surface area contributed by atoms with E-state index in [9.17, 15) is 0 Å². The molecule has 3 heterocycles. The number of aromatic nitrogens is 3. The molecule has 0 atom stereocenters. The zero-order valence-electron chi connectivity index (χ0n) is 11.0. The molecule has 102 valence electrons. The number of nitrogens with two attached hydrogens (primary N) is 1. The maximum Gasteiger partial charge on any atom is 0.202 e. The molecule has 0 unspecified atom stereocenters. The predicted molar refractivity (Wildman–Crippen MR) is 73.8 cm³/mol. The van der Waals surface area contributed by atoms with Crippen LogP contribution in [0.15, 0.2) is 18.3 Å². The first-order chi connectivity index (χ1) is 9.34. The number of nitrogen functional groups attached to an aromatic ring is 1. The summed E-state index contributed by atoms with van der Waals surface area (Å²) in [7, 11) is 0. The Balaban J connectivity index is 1.63. The monoisotopic (exact) mass is 261 g/mol. The van der Waals surface area contributed by atoms with Crippen LogP contribution in [0.25, 0.3) is 11.2 Å². The number of morpholine rings is 1. The first kappa shape index (κ1) is 12.4. The van der Waals surface area contributed by atoms with E-state index in [2.05, 4.69) is 14.9 Å². The highest BCUT2D eigenvalue weighted by Crippen LogP contribution is 2.15. The summed E-state index contributed by atoms with van der Waals surface area (Å²) < 4.78 is 7.34. The van der Waals surface area contributed by atoms with E-state index in [1.54, 1.807) is 6.20 Å². The molecule has 1 aliphatic heterocycles. The van der Waals surface area contributed by atoms with Gasteiger partial charge in [0.25, 0.3) is 0 Å². The lowest BCUT2D eigenvalue weighted by atomic mass is 10.3. The summed E-state index contributed by atoms with van der Waals surface area (Å²) in [5.41, 5.74) is 7.69. The lowest BCUT2D eigenvalue weighted by molar-refractivity contribution is 0.0370. The Kier molecular flexibility index (Phi) is 3.61. The Labute approximate surface area is 112 Å². The fraction of sp³-hybridized carbons (Fsp3) is 0.538. The largest absolute Gasteiger partial charge is 0.379 e. The molecule has 0 aromatic carbocycles. The maximum atomic E-state index is 5.95. The smallest absolute Gasteiger partial charge is 0.202 e. The normalized spacial score (nSPS) is 17.1. The number of aryl methyl sites for hydroxylation is 1. The first-order valence-electron chi connectivity index (χ1n) is 6.71. The molecule has 2 N–H and O–H groups in total. The van der Waals surface area contributed by atoms with Crippen molar-refractivity contribution in [3.05, 3.63) is 18.3 Å². The zero-order chi connectivity index (χ0) is 13.1. The van der Waals surface area contributed by atoms with E-state index in [4.69, 9.17) is 10.5 Å². The number of ether oxygens (including phenoxy) is 1. The Morgan fingerprint density at radius 2 is 2.11 bits per heavy atom. The number of hydrogen-bond donors (Lipinski definition) is 1. The lowest BCUT2D eigenvalue weighted by Gasteiger charge is -2.26. The lowest BCUT2D eigenvalue weighted by Crippen LogP contribution is -2.37. The summed E-state index contributed by atoms with van der Waals surface area (Å²) in [5, 5.41) is 0. The van der Waals surface area contributed by atoms with Gasteiger partial charge in [0.15, 0.2) is 5.65 Å². The Morgan fingerprint density at radius 1 is 1.26 bits per heavy atom. The van der Waals surface area contributed by atoms with Crippen molar-refractivity contribution in [3.8, 4) is 0 Å². The Morgan fingerprint density at radius 3 is 2.95 bits per heavy atom. The van der Waals surface area contributed by atoms with Gasteiger partial charge in [0.2, 0.25) is 5.95 Å². The number of imidazole rings is 1. The van der Waals surface area contributed by atoms with Gasteiger partial charge in [0.1, 0.15) is 5.52 Å². The quantitative estimate of drug-likeness (QED) is 0.879. The van der Waals surface area contributed by atoms with Crippen LogP contribution in [0, 0.1) is 0 Å². The highest BCUT2D eigenvalue weighted by Gasteiger charge is 2.11. The molecule has 19 heavy (non-hydrogen) atoms. The van der Waals surface area contributed by atoms with Gasteiger partial charge in [0.05, 0.1) is 13.2 Å². The topological polar surface area (TPSA) is 69.2 Å². The van der Waals surface area contributed by atoms with E-state index in [0.717, 1.165) is 57.0 Å². The second kappa shape index (κ2) is 5.54. The van der Waals surface area contributed by atoms with E-state index in [1.807, 2.05) is 16.7 Å². The van der Waals surface area contributed by atoms with Crippen molar-refractivity contribution in [1.82, 2.24) is 19.4 Å². The van der Waals surface area contributed by atoms with Gasteiger partial charge in [-0.2, -0.15) is 0 Å². The third-order valence-corrected chi connectivity index (χ3v) is 3.49. The van der Waals surface area contributed by atoms with Crippen LogP contribution in [-0.4, -0.2) is 52.3 Å². The van der Waals surface area contributed by atoms with Crippen LogP contribution in [0.2, 0.25) is 0 Å². The number of pyridine rings is 1. The van der Waals surface area contributed by atoms with Crippen molar-refractivity contribution in [2.24, 2.45) is 0 Å². The maximum absolute atomic E-state index is 5.95. The summed E-state index contributed by atoms with van der Waals surface area (Å²) in [6.45, 7) is 5.66. The molecule has 2 aromatic heterocycles. The van der Waals surface area contributed by atoms with Crippen LogP contribution < -0.4 is 5.73 Å². The SMILES string of the molecule is Nc1nc2cccnc2n1CCCN1CCOCC1. The van der Waals surface area contributed by atoms with Crippen LogP contribution in [0.3, 0.4) is 0 Å². The standard InChI is InChI=1S/C13H19N5O/c14-13-16-11-3-1-4-15-12(11)18(13)6-2-5-17-7-9-19-10-8-17/h1,3-4H,2,5-10H2,(H2,14,16). The average molecular weight is 261 g/mol. The molecule has 6 heteroatoms. The molecule has 3 rings (SSSR count). The molecule has 0 radical (unpaired) electrons. The molecule has 1 aliphatic rings. The Bertz CT molecular complexity index is 547. The van der Waals surface area contributed by atoms with Gasteiger partial charge >= 0.3 is 0 Å². The highest BCUT2D eigenvalue weighted by molar-refractivity contribution is 5.73. The third-order valence-electron chi connectivity index (χ3n) is 3.49. The molecule has 1 saturated heterocycles. The van der Waals surface area contributed by atoms with E-state index in [0.29, 0.717) is 5.95 Å². The summed E-state index contributed by atoms with van der Waals surface area (Å²) in [4.78, 5) is 11.1. The van der Waals surface area contributed by atoms with Crippen molar-refractivity contribution >= 4 is 17.1 Å². The number of fused-ring (bicyclic) bond motifs is 1. The molecular formula is C13H19N5O. The number of nitrogens with zero attached hydrogens (tertiary/aromatic N) is 4. The van der Waals surface area contributed by atoms with Gasteiger partial charge < -0.3 is 10.5 Å².